The summed E-state index contributed by atoms with van der Waals surface area (Å²) in [5.74, 6) is -1.55. The van der Waals surface area contributed by atoms with E-state index < -0.39 is 17.5 Å². The fourth-order valence-corrected chi connectivity index (χ4v) is 1.96. The van der Waals surface area contributed by atoms with Crippen molar-refractivity contribution in [2.45, 2.75) is 26.4 Å². The number of fused-ring (bicyclic) bond motifs is 1. The van der Waals surface area contributed by atoms with E-state index in [1.165, 1.54) is 6.08 Å². The summed E-state index contributed by atoms with van der Waals surface area (Å²) in [5.41, 5.74) is 0.462. The predicted octanol–water partition coefficient (Wildman–Crippen LogP) is 1.99. The first-order chi connectivity index (χ1) is 9.28. The highest BCUT2D eigenvalue weighted by Crippen LogP contribution is 2.27. The van der Waals surface area contributed by atoms with Crippen molar-refractivity contribution in [3.63, 3.8) is 0 Å². The Bertz CT molecular complexity index is 573. The maximum Gasteiger partial charge on any atom is 0.340 e. The lowest BCUT2D eigenvalue weighted by Crippen LogP contribution is -2.32. The summed E-state index contributed by atoms with van der Waals surface area (Å²) in [4.78, 5) is 25.1. The van der Waals surface area contributed by atoms with Gasteiger partial charge in [-0.25, -0.2) is 9.59 Å². The van der Waals surface area contributed by atoms with Crippen molar-refractivity contribution in [3.05, 3.63) is 47.3 Å². The van der Waals surface area contributed by atoms with E-state index in [1.54, 1.807) is 50.1 Å². The summed E-state index contributed by atoms with van der Waals surface area (Å²) in [7, 11) is 0. The number of rotatable bonds is 2. The number of nitrogens with zero attached hydrogens (tertiary/aromatic N) is 1. The molecule has 20 heavy (non-hydrogen) atoms. The molecule has 0 saturated carbocycles. The van der Waals surface area contributed by atoms with Crippen LogP contribution in [0.5, 0.6) is 0 Å². The van der Waals surface area contributed by atoms with Crippen molar-refractivity contribution in [2.75, 3.05) is 6.54 Å². The third-order valence-corrected chi connectivity index (χ3v) is 2.77. The van der Waals surface area contributed by atoms with Crippen LogP contribution in [0, 0.1) is 0 Å². The fraction of sp³-hybridized carbons (Fsp3) is 0.333. The quantitative estimate of drug-likeness (QED) is 0.781. The molecule has 0 aromatic carbocycles. The lowest BCUT2D eigenvalue weighted by atomic mass is 10.0. The third-order valence-electron chi connectivity index (χ3n) is 2.77. The first-order valence-electron chi connectivity index (χ1n) is 6.31. The van der Waals surface area contributed by atoms with Crippen molar-refractivity contribution in [2.24, 2.45) is 0 Å². The smallest absolute Gasteiger partial charge is 0.340 e. The SMILES string of the molecule is CC(C)(C)OC(=O)C1=C2C=CC=CN2CC(C(=O)O)=C1. The minimum Gasteiger partial charge on any atom is -0.478 e. The van der Waals surface area contributed by atoms with Gasteiger partial charge in [0.25, 0.3) is 0 Å². The van der Waals surface area contributed by atoms with Crippen LogP contribution in [0.25, 0.3) is 0 Å². The number of hydrogen-bond donors (Lipinski definition) is 1. The van der Waals surface area contributed by atoms with Gasteiger partial charge in [0.05, 0.1) is 23.4 Å². The van der Waals surface area contributed by atoms with Crippen molar-refractivity contribution in [3.8, 4) is 0 Å². The number of hydrogen-bond acceptors (Lipinski definition) is 4. The molecule has 2 aliphatic rings. The second kappa shape index (κ2) is 5.00. The zero-order chi connectivity index (χ0) is 14.9. The molecule has 0 aliphatic carbocycles. The van der Waals surface area contributed by atoms with Gasteiger partial charge in [0.15, 0.2) is 0 Å². The molecular weight excluding hydrogens is 258 g/mol. The second-order valence-electron chi connectivity index (χ2n) is 5.60. The van der Waals surface area contributed by atoms with E-state index in [-0.39, 0.29) is 17.7 Å². The summed E-state index contributed by atoms with van der Waals surface area (Å²) >= 11 is 0. The average Bonchev–Trinajstić information content (AvgIpc) is 2.35. The number of allylic oxidation sites excluding steroid dienone is 3. The Morgan fingerprint density at radius 1 is 1.30 bits per heavy atom. The molecule has 2 aliphatic heterocycles. The molecule has 0 saturated heterocycles. The highest BCUT2D eigenvalue weighted by atomic mass is 16.6. The minimum atomic E-state index is -1.03. The predicted molar refractivity (Wildman–Crippen MR) is 73.6 cm³/mol. The van der Waals surface area contributed by atoms with Crippen LogP contribution in [0.15, 0.2) is 47.3 Å². The Labute approximate surface area is 117 Å². The molecule has 0 unspecified atom stereocenters. The van der Waals surface area contributed by atoms with Crippen molar-refractivity contribution in [1.29, 1.82) is 0 Å². The Morgan fingerprint density at radius 2 is 2.00 bits per heavy atom. The highest BCUT2D eigenvalue weighted by molar-refractivity contribution is 5.98. The van der Waals surface area contributed by atoms with E-state index >= 15 is 0 Å². The van der Waals surface area contributed by atoms with E-state index in [2.05, 4.69) is 0 Å². The number of aliphatic carboxylic acids is 1. The Balaban J connectivity index is 2.42. The van der Waals surface area contributed by atoms with Gasteiger partial charge in [-0.1, -0.05) is 6.08 Å². The zero-order valence-corrected chi connectivity index (χ0v) is 11.7. The highest BCUT2D eigenvalue weighted by Gasteiger charge is 2.28. The molecular formula is C15H17NO4. The normalized spacial score (nSPS) is 17.8. The summed E-state index contributed by atoms with van der Waals surface area (Å²) in [5, 5.41) is 9.15. The van der Waals surface area contributed by atoms with E-state index in [0.29, 0.717) is 5.70 Å². The standard InChI is InChI=1S/C15H17NO4/c1-15(2,3)20-14(19)11-8-10(13(17)18)9-16-7-5-4-6-12(11)16/h4-8H,9H2,1-3H3,(H,17,18). The molecule has 5 nitrogen and oxygen atoms in total. The van der Waals surface area contributed by atoms with Crippen LogP contribution in [0.1, 0.15) is 20.8 Å². The monoisotopic (exact) mass is 275 g/mol. The molecule has 0 aromatic heterocycles. The van der Waals surface area contributed by atoms with Gasteiger partial charge in [-0.3, -0.25) is 0 Å². The molecule has 1 N–H and O–H groups in total. The van der Waals surface area contributed by atoms with Gasteiger partial charge >= 0.3 is 11.9 Å². The Hall–Kier alpha value is -2.30. The number of carbonyl (C=O) groups is 2. The number of esters is 1. The second-order valence-corrected chi connectivity index (χ2v) is 5.60. The van der Waals surface area contributed by atoms with Gasteiger partial charge in [-0.2, -0.15) is 0 Å². The first kappa shape index (κ1) is 14.1. The van der Waals surface area contributed by atoms with Crippen LogP contribution < -0.4 is 0 Å². The van der Waals surface area contributed by atoms with Crippen LogP contribution in [0.2, 0.25) is 0 Å². The first-order valence-corrected chi connectivity index (χ1v) is 6.31. The molecule has 0 amide bonds. The molecule has 0 atom stereocenters. The lowest BCUT2D eigenvalue weighted by Gasteiger charge is -2.30. The summed E-state index contributed by atoms with van der Waals surface area (Å²) in [6.45, 7) is 5.55. The largest absolute Gasteiger partial charge is 0.478 e. The molecule has 0 fully saturated rings. The van der Waals surface area contributed by atoms with Crippen molar-refractivity contribution >= 4 is 11.9 Å². The van der Waals surface area contributed by atoms with E-state index in [4.69, 9.17) is 9.84 Å². The maximum atomic E-state index is 12.2. The third kappa shape index (κ3) is 2.99. The number of ether oxygens (including phenoxy) is 1. The average molecular weight is 275 g/mol. The van der Waals surface area contributed by atoms with Crippen LogP contribution >= 0.6 is 0 Å². The van der Waals surface area contributed by atoms with Gasteiger partial charge in [0.2, 0.25) is 0 Å². The Kier molecular flexibility index (Phi) is 3.53. The van der Waals surface area contributed by atoms with Gasteiger partial charge in [-0.15, -0.1) is 0 Å². The summed E-state index contributed by atoms with van der Waals surface area (Å²) in [6, 6.07) is 0. The molecule has 2 rings (SSSR count). The molecule has 0 aromatic rings. The van der Waals surface area contributed by atoms with Gasteiger partial charge in [0.1, 0.15) is 5.60 Å². The molecule has 5 heteroatoms. The van der Waals surface area contributed by atoms with Crippen molar-refractivity contribution in [1.82, 2.24) is 4.90 Å². The maximum absolute atomic E-state index is 12.2. The summed E-state index contributed by atoms with van der Waals surface area (Å²) in [6.07, 6.45) is 8.51. The number of carboxylic acid groups (broad SMARTS) is 1. The van der Waals surface area contributed by atoms with Crippen LogP contribution in [-0.2, 0) is 14.3 Å². The Morgan fingerprint density at radius 3 is 2.60 bits per heavy atom. The number of carbonyl (C=O) groups excluding carboxylic acids is 1. The fourth-order valence-electron chi connectivity index (χ4n) is 1.96. The molecule has 0 bridgehead atoms. The topological polar surface area (TPSA) is 66.8 Å². The number of carboxylic acids is 1. The molecule has 0 spiro atoms. The minimum absolute atomic E-state index is 0.162. The van der Waals surface area contributed by atoms with Crippen LogP contribution in [0.4, 0.5) is 0 Å². The van der Waals surface area contributed by atoms with Crippen LogP contribution in [0.3, 0.4) is 0 Å². The lowest BCUT2D eigenvalue weighted by molar-refractivity contribution is -0.149. The van der Waals surface area contributed by atoms with Crippen LogP contribution in [-0.4, -0.2) is 34.1 Å². The van der Waals surface area contributed by atoms with Gasteiger partial charge in [-0.05, 0) is 39.0 Å². The zero-order valence-electron chi connectivity index (χ0n) is 11.7. The van der Waals surface area contributed by atoms with E-state index in [0.717, 1.165) is 0 Å². The summed E-state index contributed by atoms with van der Waals surface area (Å²) < 4.78 is 5.34. The van der Waals surface area contributed by atoms with Gasteiger partial charge < -0.3 is 14.7 Å². The molecule has 106 valence electrons. The molecule has 0 radical (unpaired) electrons. The van der Waals surface area contributed by atoms with E-state index in [9.17, 15) is 9.59 Å². The molecule has 2 heterocycles. The van der Waals surface area contributed by atoms with Gasteiger partial charge in [0, 0.05) is 6.20 Å². The van der Waals surface area contributed by atoms with Crippen molar-refractivity contribution < 1.29 is 19.4 Å². The van der Waals surface area contributed by atoms with E-state index in [1.807, 2.05) is 0 Å².